The monoisotopic (exact) mass is 278 g/mol. The van der Waals surface area contributed by atoms with E-state index in [1.54, 1.807) is 0 Å². The van der Waals surface area contributed by atoms with Gasteiger partial charge in [-0.15, -0.1) is 0 Å². The van der Waals surface area contributed by atoms with E-state index >= 15 is 0 Å². The maximum Gasteiger partial charge on any atom is 0.305 e. The molecule has 17 heavy (non-hydrogen) atoms. The van der Waals surface area contributed by atoms with Crippen LogP contribution in [0, 0.1) is 0 Å². The van der Waals surface area contributed by atoms with Crippen LogP contribution in [0.3, 0.4) is 0 Å². The number of hydrogen-bond acceptors (Lipinski definition) is 4. The summed E-state index contributed by atoms with van der Waals surface area (Å²) in [6.07, 6.45) is 0.768. The van der Waals surface area contributed by atoms with E-state index < -0.39 is 0 Å². The van der Waals surface area contributed by atoms with Crippen molar-refractivity contribution in [3.63, 3.8) is 0 Å². The molecule has 0 saturated heterocycles. The second-order valence-electron chi connectivity index (χ2n) is 3.27. The van der Waals surface area contributed by atoms with E-state index in [2.05, 4.69) is 4.74 Å². The van der Waals surface area contributed by atoms with Crippen LogP contribution in [-0.4, -0.2) is 24.8 Å². The fourth-order valence-corrected chi connectivity index (χ4v) is 1.76. The summed E-state index contributed by atoms with van der Waals surface area (Å²) in [5, 5.41) is 9.67. The molecule has 0 atom stereocenters. The zero-order valence-corrected chi connectivity index (χ0v) is 10.7. The summed E-state index contributed by atoms with van der Waals surface area (Å²) in [5.74, 6) is -0.0191. The van der Waals surface area contributed by atoms with Crippen molar-refractivity contribution in [2.75, 3.05) is 13.7 Å². The molecule has 0 aliphatic carbocycles. The Hall–Kier alpha value is -1.13. The van der Waals surface area contributed by atoms with Gasteiger partial charge in [0.15, 0.2) is 5.75 Å². The Morgan fingerprint density at radius 2 is 1.94 bits per heavy atom. The Labute approximate surface area is 109 Å². The SMILES string of the molecule is COC(=O)CCCOc1c(Cl)cc(O)cc1Cl. The number of aromatic hydroxyl groups is 1. The molecule has 1 rings (SSSR count). The van der Waals surface area contributed by atoms with Gasteiger partial charge < -0.3 is 14.6 Å². The molecule has 0 fully saturated rings. The third kappa shape index (κ3) is 4.32. The molecule has 0 radical (unpaired) electrons. The van der Waals surface area contributed by atoms with Gasteiger partial charge >= 0.3 is 5.97 Å². The number of phenolic OH excluding ortho intramolecular Hbond substituents is 1. The molecule has 0 spiro atoms. The Balaban J connectivity index is 2.50. The summed E-state index contributed by atoms with van der Waals surface area (Å²) >= 11 is 11.7. The summed E-state index contributed by atoms with van der Waals surface area (Å²) < 4.78 is 9.82. The van der Waals surface area contributed by atoms with Crippen LogP contribution in [-0.2, 0) is 9.53 Å². The molecule has 6 heteroatoms. The molecule has 1 aromatic rings. The Kier molecular flexibility index (Phi) is 5.38. The largest absolute Gasteiger partial charge is 0.508 e. The van der Waals surface area contributed by atoms with Crippen LogP contribution in [0.5, 0.6) is 11.5 Å². The number of benzene rings is 1. The topological polar surface area (TPSA) is 55.8 Å². The lowest BCUT2D eigenvalue weighted by atomic mass is 10.3. The Bertz CT molecular complexity index is 383. The van der Waals surface area contributed by atoms with Crippen molar-refractivity contribution in [2.24, 2.45) is 0 Å². The molecule has 0 aliphatic rings. The first kappa shape index (κ1) is 13.9. The smallest absolute Gasteiger partial charge is 0.305 e. The average Bonchev–Trinajstić information content (AvgIpc) is 2.26. The molecule has 0 bridgehead atoms. The Morgan fingerprint density at radius 3 is 2.47 bits per heavy atom. The van der Waals surface area contributed by atoms with E-state index in [4.69, 9.17) is 27.9 Å². The van der Waals surface area contributed by atoms with E-state index in [-0.39, 0.29) is 28.2 Å². The molecule has 1 N–H and O–H groups in total. The summed E-state index contributed by atoms with van der Waals surface area (Å²) in [6.45, 7) is 0.291. The molecule has 0 heterocycles. The lowest BCUT2D eigenvalue weighted by molar-refractivity contribution is -0.140. The summed E-state index contributed by atoms with van der Waals surface area (Å²) in [5.41, 5.74) is 0. The van der Waals surface area contributed by atoms with E-state index in [0.717, 1.165) is 0 Å². The van der Waals surface area contributed by atoms with Gasteiger partial charge in [-0.2, -0.15) is 0 Å². The molecular formula is C11H12Cl2O4. The van der Waals surface area contributed by atoms with Crippen LogP contribution in [0.15, 0.2) is 12.1 Å². The average molecular weight is 279 g/mol. The second kappa shape index (κ2) is 6.57. The minimum absolute atomic E-state index is 0.0260. The number of methoxy groups -OCH3 is 1. The molecular weight excluding hydrogens is 267 g/mol. The highest BCUT2D eigenvalue weighted by atomic mass is 35.5. The number of halogens is 2. The fourth-order valence-electron chi connectivity index (χ4n) is 1.18. The van der Waals surface area contributed by atoms with Crippen LogP contribution in [0.2, 0.25) is 10.0 Å². The molecule has 0 amide bonds. The van der Waals surface area contributed by atoms with Crippen LogP contribution < -0.4 is 4.74 Å². The molecule has 0 aromatic heterocycles. The van der Waals surface area contributed by atoms with E-state index in [1.807, 2.05) is 0 Å². The summed E-state index contributed by atoms with van der Waals surface area (Å²) in [7, 11) is 1.33. The van der Waals surface area contributed by atoms with E-state index in [9.17, 15) is 9.90 Å². The van der Waals surface area contributed by atoms with Crippen LogP contribution in [0.25, 0.3) is 0 Å². The van der Waals surface area contributed by atoms with Gasteiger partial charge in [0, 0.05) is 18.6 Å². The number of carbonyl (C=O) groups is 1. The number of rotatable bonds is 5. The highest BCUT2D eigenvalue weighted by Gasteiger charge is 2.09. The van der Waals surface area contributed by atoms with Crippen molar-refractivity contribution in [2.45, 2.75) is 12.8 Å². The maximum atomic E-state index is 10.8. The van der Waals surface area contributed by atoms with Crippen molar-refractivity contribution in [1.82, 2.24) is 0 Å². The number of ether oxygens (including phenoxy) is 2. The first-order valence-corrected chi connectivity index (χ1v) is 5.68. The van der Waals surface area contributed by atoms with Gasteiger partial charge in [-0.25, -0.2) is 0 Å². The zero-order chi connectivity index (χ0) is 12.8. The highest BCUT2D eigenvalue weighted by Crippen LogP contribution is 2.36. The van der Waals surface area contributed by atoms with Gasteiger partial charge in [0.1, 0.15) is 5.75 Å². The number of carbonyl (C=O) groups excluding carboxylic acids is 1. The van der Waals surface area contributed by atoms with Gasteiger partial charge in [0.25, 0.3) is 0 Å². The van der Waals surface area contributed by atoms with Crippen LogP contribution >= 0.6 is 23.2 Å². The van der Waals surface area contributed by atoms with Gasteiger partial charge in [-0.05, 0) is 6.42 Å². The zero-order valence-electron chi connectivity index (χ0n) is 9.20. The van der Waals surface area contributed by atoms with Gasteiger partial charge in [0.05, 0.1) is 23.8 Å². The lowest BCUT2D eigenvalue weighted by Gasteiger charge is -2.09. The van der Waals surface area contributed by atoms with Crippen LogP contribution in [0.1, 0.15) is 12.8 Å². The summed E-state index contributed by atoms with van der Waals surface area (Å²) in [4.78, 5) is 10.8. The quantitative estimate of drug-likeness (QED) is 0.665. The van der Waals surface area contributed by atoms with Crippen molar-refractivity contribution < 1.29 is 19.4 Å². The minimum Gasteiger partial charge on any atom is -0.508 e. The molecule has 1 aromatic carbocycles. The Morgan fingerprint density at radius 1 is 1.35 bits per heavy atom. The predicted octanol–water partition coefficient (Wildman–Crippen LogP) is 3.03. The first-order chi connectivity index (χ1) is 8.04. The van der Waals surface area contributed by atoms with Crippen LogP contribution in [0.4, 0.5) is 0 Å². The third-order valence-electron chi connectivity index (χ3n) is 1.98. The van der Waals surface area contributed by atoms with Gasteiger partial charge in [-0.1, -0.05) is 23.2 Å². The highest BCUT2D eigenvalue weighted by molar-refractivity contribution is 6.37. The first-order valence-electron chi connectivity index (χ1n) is 4.92. The standard InChI is InChI=1S/C11H12Cl2O4/c1-16-10(15)3-2-4-17-11-8(12)5-7(14)6-9(11)13/h5-6,14H,2-4H2,1H3. The number of esters is 1. The number of hydrogen-bond donors (Lipinski definition) is 1. The third-order valence-corrected chi connectivity index (χ3v) is 2.54. The minimum atomic E-state index is -0.295. The van der Waals surface area contributed by atoms with E-state index in [1.165, 1.54) is 19.2 Å². The second-order valence-corrected chi connectivity index (χ2v) is 4.08. The van der Waals surface area contributed by atoms with Crippen molar-refractivity contribution in [3.8, 4) is 11.5 Å². The normalized spacial score (nSPS) is 10.1. The van der Waals surface area contributed by atoms with Crippen molar-refractivity contribution in [1.29, 1.82) is 0 Å². The maximum absolute atomic E-state index is 10.8. The molecule has 0 unspecified atom stereocenters. The fraction of sp³-hybridized carbons (Fsp3) is 0.364. The van der Waals surface area contributed by atoms with E-state index in [0.29, 0.717) is 18.8 Å². The van der Waals surface area contributed by atoms with Gasteiger partial charge in [-0.3, -0.25) is 4.79 Å². The molecule has 94 valence electrons. The molecule has 4 nitrogen and oxygen atoms in total. The number of phenols is 1. The van der Waals surface area contributed by atoms with Gasteiger partial charge in [0.2, 0.25) is 0 Å². The molecule has 0 saturated carbocycles. The lowest BCUT2D eigenvalue weighted by Crippen LogP contribution is -2.05. The molecule has 0 aliphatic heterocycles. The predicted molar refractivity (Wildman–Crippen MR) is 64.9 cm³/mol. The van der Waals surface area contributed by atoms with Crippen molar-refractivity contribution >= 4 is 29.2 Å². The summed E-state index contributed by atoms with van der Waals surface area (Å²) in [6, 6.07) is 2.67. The van der Waals surface area contributed by atoms with Crippen molar-refractivity contribution in [3.05, 3.63) is 22.2 Å².